The minimum atomic E-state index is -0.745. The Bertz CT molecular complexity index is 1150. The Morgan fingerprint density at radius 3 is 2.48 bits per heavy atom. The van der Waals surface area contributed by atoms with Crippen LogP contribution in [0.2, 0.25) is 0 Å². The fraction of sp³-hybridized carbons (Fsp3) is 0.0870. The largest absolute Gasteiger partial charge is 1.00 e. The fourth-order valence-electron chi connectivity index (χ4n) is 2.53. The molecule has 0 aliphatic carbocycles. The standard InChI is InChI=1S/C20H12FN2OS.C3H6O2.Na/c21-16-9-8-14-10-13(6-7-15(14)12-16)11-18-19(24)23-20(25-18)22-17-4-2-1-3-5-17;1-2-3(4)5;/h2-12H,(H,22,23,24);2H2,1H3,(H,4,5);/q-1;;+1. The number of carbonyl (C=O) groups is 2. The molecule has 152 valence electrons. The summed E-state index contributed by atoms with van der Waals surface area (Å²) in [7, 11) is 0. The van der Waals surface area contributed by atoms with Gasteiger partial charge in [-0.25, -0.2) is 4.39 Å². The second kappa shape index (κ2) is 11.8. The molecule has 4 rings (SSSR count). The van der Waals surface area contributed by atoms with Gasteiger partial charge in [0, 0.05) is 6.42 Å². The first-order chi connectivity index (χ1) is 14.4. The van der Waals surface area contributed by atoms with Gasteiger partial charge in [0.1, 0.15) is 5.82 Å². The number of hydrogen-bond acceptors (Lipinski definition) is 4. The smallest absolute Gasteiger partial charge is 0.481 e. The van der Waals surface area contributed by atoms with Gasteiger partial charge in [0.2, 0.25) is 0 Å². The van der Waals surface area contributed by atoms with Crippen LogP contribution in [0.1, 0.15) is 18.9 Å². The van der Waals surface area contributed by atoms with Gasteiger partial charge in [-0.15, -0.1) is 12.1 Å². The fourth-order valence-corrected chi connectivity index (χ4v) is 3.37. The van der Waals surface area contributed by atoms with Crippen molar-refractivity contribution in [1.82, 2.24) is 5.32 Å². The van der Waals surface area contributed by atoms with Crippen LogP contribution >= 0.6 is 11.8 Å². The molecule has 2 N–H and O–H groups in total. The average Bonchev–Trinajstić information content (AvgIpc) is 3.07. The van der Waals surface area contributed by atoms with E-state index in [4.69, 9.17) is 5.11 Å². The number of fused-ring (bicyclic) bond motifs is 1. The summed E-state index contributed by atoms with van der Waals surface area (Å²) >= 11 is 1.30. The van der Waals surface area contributed by atoms with E-state index in [0.717, 1.165) is 22.0 Å². The summed E-state index contributed by atoms with van der Waals surface area (Å²) in [6.45, 7) is 1.60. The number of benzene rings is 3. The number of aliphatic carboxylic acids is 1. The molecule has 3 aromatic rings. The number of amidine groups is 1. The second-order valence-corrected chi connectivity index (χ2v) is 7.27. The molecule has 0 bridgehead atoms. The van der Waals surface area contributed by atoms with E-state index in [0.29, 0.717) is 10.1 Å². The monoisotopic (exact) mass is 444 g/mol. The summed E-state index contributed by atoms with van der Waals surface area (Å²) < 4.78 is 13.3. The Morgan fingerprint density at radius 1 is 1.16 bits per heavy atom. The van der Waals surface area contributed by atoms with Crippen molar-refractivity contribution in [2.24, 2.45) is 4.99 Å². The van der Waals surface area contributed by atoms with Crippen molar-refractivity contribution in [2.75, 3.05) is 0 Å². The number of amides is 1. The topological polar surface area (TPSA) is 78.8 Å². The van der Waals surface area contributed by atoms with E-state index in [1.54, 1.807) is 25.1 Å². The first-order valence-electron chi connectivity index (χ1n) is 9.11. The maximum absolute atomic E-state index is 13.3. The number of halogens is 1. The predicted octanol–water partition coefficient (Wildman–Crippen LogP) is 2.16. The van der Waals surface area contributed by atoms with E-state index in [1.807, 2.05) is 36.4 Å². The van der Waals surface area contributed by atoms with Crippen LogP contribution in [0.4, 0.5) is 10.1 Å². The number of carbonyl (C=O) groups excluding carboxylic acids is 1. The molecular weight excluding hydrogens is 426 g/mol. The van der Waals surface area contributed by atoms with Crippen LogP contribution in [-0.4, -0.2) is 22.2 Å². The van der Waals surface area contributed by atoms with Crippen molar-refractivity contribution in [3.8, 4) is 0 Å². The maximum Gasteiger partial charge on any atom is 1.00 e. The maximum atomic E-state index is 13.3. The molecular formula is C23H18FN2NaO3S. The third-order valence-corrected chi connectivity index (χ3v) is 4.92. The summed E-state index contributed by atoms with van der Waals surface area (Å²) in [4.78, 5) is 26.5. The first kappa shape index (κ1) is 24.8. The molecule has 1 aliphatic heterocycles. The van der Waals surface area contributed by atoms with E-state index in [1.165, 1.54) is 23.9 Å². The van der Waals surface area contributed by atoms with Gasteiger partial charge in [-0.3, -0.25) is 14.6 Å². The van der Waals surface area contributed by atoms with Crippen LogP contribution in [0.25, 0.3) is 16.8 Å². The number of aliphatic imine (C=N–C) groups is 1. The minimum Gasteiger partial charge on any atom is -0.481 e. The molecule has 0 unspecified atom stereocenters. The van der Waals surface area contributed by atoms with E-state index in [-0.39, 0.29) is 47.7 Å². The van der Waals surface area contributed by atoms with Crippen molar-refractivity contribution in [3.63, 3.8) is 0 Å². The molecule has 5 nitrogen and oxygen atoms in total. The average molecular weight is 444 g/mol. The molecule has 8 heteroatoms. The van der Waals surface area contributed by atoms with Gasteiger partial charge in [-0.1, -0.05) is 25.1 Å². The number of nitrogens with one attached hydrogen (secondary N) is 1. The molecule has 0 spiro atoms. The SMILES string of the molecule is CCC(=O)O.O=C1NC(=Nc2cc[c-]cc2)SC1=Cc1ccc2cc(F)ccc2c1.[Na+]. The summed E-state index contributed by atoms with van der Waals surface area (Å²) in [5.41, 5.74) is 1.64. The van der Waals surface area contributed by atoms with Crippen LogP contribution in [0.5, 0.6) is 0 Å². The van der Waals surface area contributed by atoms with Crippen molar-refractivity contribution in [3.05, 3.63) is 83.0 Å². The minimum absolute atomic E-state index is 0. The van der Waals surface area contributed by atoms with Crippen LogP contribution in [0, 0.1) is 11.9 Å². The van der Waals surface area contributed by atoms with Gasteiger partial charge in [-0.05, 0) is 58.1 Å². The van der Waals surface area contributed by atoms with Crippen LogP contribution in [0.3, 0.4) is 0 Å². The Balaban J connectivity index is 0.000000514. The quantitative estimate of drug-likeness (QED) is 0.369. The molecule has 3 aromatic carbocycles. The second-order valence-electron chi connectivity index (χ2n) is 6.24. The van der Waals surface area contributed by atoms with Gasteiger partial charge >= 0.3 is 35.5 Å². The summed E-state index contributed by atoms with van der Waals surface area (Å²) in [5, 5.41) is 12.8. The van der Waals surface area contributed by atoms with E-state index >= 15 is 0 Å². The molecule has 1 amide bonds. The molecule has 1 fully saturated rings. The number of nitrogens with zero attached hydrogens (tertiary/aromatic N) is 1. The van der Waals surface area contributed by atoms with Crippen LogP contribution < -0.4 is 34.9 Å². The molecule has 0 saturated carbocycles. The number of hydrogen-bond donors (Lipinski definition) is 2. The van der Waals surface area contributed by atoms with Gasteiger partial charge in [-0.2, -0.15) is 18.2 Å². The van der Waals surface area contributed by atoms with E-state index in [9.17, 15) is 14.0 Å². The van der Waals surface area contributed by atoms with E-state index in [2.05, 4.69) is 16.4 Å². The molecule has 1 heterocycles. The van der Waals surface area contributed by atoms with Crippen molar-refractivity contribution < 1.29 is 48.6 Å². The number of carboxylic acids is 1. The zero-order valence-corrected chi connectivity index (χ0v) is 19.9. The Morgan fingerprint density at radius 2 is 1.81 bits per heavy atom. The summed E-state index contributed by atoms with van der Waals surface area (Å²) in [5.74, 6) is -1.18. The van der Waals surface area contributed by atoms with Gasteiger partial charge in [0.05, 0.1) is 4.91 Å². The molecule has 1 aliphatic rings. The van der Waals surface area contributed by atoms with Gasteiger partial charge in [0.15, 0.2) is 5.17 Å². The number of rotatable bonds is 3. The summed E-state index contributed by atoms with van der Waals surface area (Å²) in [6, 6.07) is 20.4. The zero-order valence-electron chi connectivity index (χ0n) is 17.1. The van der Waals surface area contributed by atoms with Crippen molar-refractivity contribution in [2.45, 2.75) is 13.3 Å². The normalized spacial score (nSPS) is 15.2. The molecule has 0 atom stereocenters. The van der Waals surface area contributed by atoms with Crippen LogP contribution in [0.15, 0.2) is 70.6 Å². The van der Waals surface area contributed by atoms with Gasteiger partial charge < -0.3 is 10.4 Å². The first-order valence-corrected chi connectivity index (χ1v) is 9.93. The summed E-state index contributed by atoms with van der Waals surface area (Å²) in [6.07, 6.45) is 2.03. The zero-order chi connectivity index (χ0) is 21.5. The van der Waals surface area contributed by atoms with E-state index < -0.39 is 5.97 Å². The molecule has 31 heavy (non-hydrogen) atoms. The van der Waals surface area contributed by atoms with Crippen molar-refractivity contribution >= 4 is 51.3 Å². The van der Waals surface area contributed by atoms with Crippen LogP contribution in [-0.2, 0) is 9.59 Å². The predicted molar refractivity (Wildman–Crippen MR) is 118 cm³/mol. The van der Waals surface area contributed by atoms with Crippen molar-refractivity contribution in [1.29, 1.82) is 0 Å². The van der Waals surface area contributed by atoms with Gasteiger partial charge in [0.25, 0.3) is 5.91 Å². The number of carboxylic acid groups (broad SMARTS) is 1. The third-order valence-electron chi connectivity index (χ3n) is 4.01. The Kier molecular flexibility index (Phi) is 9.45. The molecule has 0 radical (unpaired) electrons. The molecule has 1 saturated heterocycles. The Hall–Kier alpha value is -2.45. The third kappa shape index (κ3) is 7.33. The number of thioether (sulfide) groups is 1. The Labute approximate surface area is 205 Å². The molecule has 0 aromatic heterocycles.